The molecule has 0 aliphatic rings. The van der Waals surface area contributed by atoms with Gasteiger partial charge in [0.2, 0.25) is 11.8 Å². The van der Waals surface area contributed by atoms with Crippen LogP contribution in [-0.4, -0.2) is 16.9 Å². The first-order chi connectivity index (χ1) is 8.97. The molecule has 108 valence electrons. The molecule has 6 heteroatoms. The Morgan fingerprint density at radius 1 is 1.40 bits per heavy atom. The van der Waals surface area contributed by atoms with Crippen molar-refractivity contribution in [1.82, 2.24) is 4.98 Å². The molecule has 0 bridgehead atoms. The average Bonchev–Trinajstić information content (AvgIpc) is 2.70. The minimum Gasteiger partial charge on any atom is -0.441 e. The summed E-state index contributed by atoms with van der Waals surface area (Å²) in [6.07, 6.45) is 0. The number of hydrogen-bond donors (Lipinski definition) is 2. The molecule has 1 aromatic carbocycles. The molecule has 0 fully saturated rings. The molecule has 0 saturated carbocycles. The molecule has 0 unspecified atom stereocenters. The van der Waals surface area contributed by atoms with Crippen molar-refractivity contribution in [2.45, 2.75) is 26.8 Å². The van der Waals surface area contributed by atoms with Crippen LogP contribution in [0.5, 0.6) is 0 Å². The first-order valence-corrected chi connectivity index (χ1v) is 6.08. The number of halogens is 1. The fourth-order valence-corrected chi connectivity index (χ4v) is 1.58. The van der Waals surface area contributed by atoms with Gasteiger partial charge in [0.05, 0.1) is 11.7 Å². The molecule has 1 atom stereocenters. The lowest BCUT2D eigenvalue weighted by molar-refractivity contribution is -0.117. The lowest BCUT2D eigenvalue weighted by Gasteiger charge is -2.08. The number of nitrogens with two attached hydrogens (primary N) is 1. The Morgan fingerprint density at radius 3 is 2.65 bits per heavy atom. The van der Waals surface area contributed by atoms with Crippen LogP contribution < -0.4 is 11.1 Å². The van der Waals surface area contributed by atoms with Crippen LogP contribution in [0.1, 0.15) is 18.4 Å². The second-order valence-corrected chi connectivity index (χ2v) is 4.52. The van der Waals surface area contributed by atoms with Gasteiger partial charge in [-0.15, -0.1) is 12.4 Å². The minimum atomic E-state index is -0.546. The van der Waals surface area contributed by atoms with Crippen molar-refractivity contribution < 1.29 is 9.21 Å². The summed E-state index contributed by atoms with van der Waals surface area (Å²) in [5.74, 6) is 1.11. The lowest BCUT2D eigenvalue weighted by atomic mass is 10.2. The SMILES string of the molecule is Cc1nc(-c2cccc(NC(=O)[C@@H](C)N)c2)oc1C.Cl. The number of amides is 1. The highest BCUT2D eigenvalue weighted by Gasteiger charge is 2.11. The number of carbonyl (C=O) groups excluding carboxylic acids is 1. The molecule has 1 aromatic heterocycles. The van der Waals surface area contributed by atoms with Gasteiger partial charge in [-0.25, -0.2) is 4.98 Å². The van der Waals surface area contributed by atoms with Gasteiger partial charge in [-0.2, -0.15) is 0 Å². The zero-order chi connectivity index (χ0) is 14.0. The van der Waals surface area contributed by atoms with E-state index < -0.39 is 6.04 Å². The van der Waals surface area contributed by atoms with Crippen molar-refractivity contribution in [1.29, 1.82) is 0 Å². The molecule has 1 heterocycles. The van der Waals surface area contributed by atoms with Gasteiger partial charge in [0.25, 0.3) is 0 Å². The zero-order valence-corrected chi connectivity index (χ0v) is 12.5. The molecule has 0 spiro atoms. The summed E-state index contributed by atoms with van der Waals surface area (Å²) in [7, 11) is 0. The van der Waals surface area contributed by atoms with Gasteiger partial charge in [0, 0.05) is 11.3 Å². The Balaban J connectivity index is 0.00000200. The third kappa shape index (κ3) is 3.59. The van der Waals surface area contributed by atoms with E-state index >= 15 is 0 Å². The lowest BCUT2D eigenvalue weighted by Crippen LogP contribution is -2.32. The highest BCUT2D eigenvalue weighted by Crippen LogP contribution is 2.24. The van der Waals surface area contributed by atoms with Crippen LogP contribution in [0.2, 0.25) is 0 Å². The summed E-state index contributed by atoms with van der Waals surface area (Å²) in [6, 6.07) is 6.78. The van der Waals surface area contributed by atoms with E-state index in [1.807, 2.05) is 32.0 Å². The van der Waals surface area contributed by atoms with Gasteiger partial charge in [-0.05, 0) is 39.0 Å². The number of hydrogen-bond acceptors (Lipinski definition) is 4. The van der Waals surface area contributed by atoms with Crippen molar-refractivity contribution in [2.75, 3.05) is 5.32 Å². The fraction of sp³-hybridized carbons (Fsp3) is 0.286. The largest absolute Gasteiger partial charge is 0.441 e. The van der Waals surface area contributed by atoms with Crippen LogP contribution in [0.25, 0.3) is 11.5 Å². The highest BCUT2D eigenvalue weighted by molar-refractivity contribution is 5.94. The number of aryl methyl sites for hydroxylation is 2. The normalized spacial score (nSPS) is 11.6. The maximum atomic E-state index is 11.5. The summed E-state index contributed by atoms with van der Waals surface area (Å²) in [4.78, 5) is 15.9. The number of rotatable bonds is 3. The summed E-state index contributed by atoms with van der Waals surface area (Å²) >= 11 is 0. The third-order valence-corrected chi connectivity index (χ3v) is 2.82. The fourth-order valence-electron chi connectivity index (χ4n) is 1.58. The van der Waals surface area contributed by atoms with E-state index in [0.717, 1.165) is 17.0 Å². The van der Waals surface area contributed by atoms with Crippen LogP contribution in [0.4, 0.5) is 5.69 Å². The minimum absolute atomic E-state index is 0. The van der Waals surface area contributed by atoms with Crippen LogP contribution in [0.15, 0.2) is 28.7 Å². The predicted octanol–water partition coefficient (Wildman–Crippen LogP) is 2.67. The number of nitrogens with one attached hydrogen (secondary N) is 1. The number of anilines is 1. The standard InChI is InChI=1S/C14H17N3O2.ClH/c1-8(15)13(18)17-12-6-4-5-11(7-12)14-16-9(2)10(3)19-14;/h4-8H,15H2,1-3H3,(H,17,18);1H/t8-;/m1./s1. The van der Waals surface area contributed by atoms with Crippen molar-refractivity contribution in [3.63, 3.8) is 0 Å². The first kappa shape index (κ1) is 16.2. The van der Waals surface area contributed by atoms with Gasteiger partial charge >= 0.3 is 0 Å². The maximum absolute atomic E-state index is 11.5. The van der Waals surface area contributed by atoms with E-state index in [1.165, 1.54) is 0 Å². The second kappa shape index (κ2) is 6.54. The van der Waals surface area contributed by atoms with E-state index in [-0.39, 0.29) is 18.3 Å². The Morgan fingerprint density at radius 2 is 2.10 bits per heavy atom. The van der Waals surface area contributed by atoms with Gasteiger partial charge in [0.15, 0.2) is 0 Å². The average molecular weight is 296 g/mol. The van der Waals surface area contributed by atoms with Gasteiger partial charge in [-0.1, -0.05) is 6.07 Å². The predicted molar refractivity (Wildman–Crippen MR) is 80.9 cm³/mol. The van der Waals surface area contributed by atoms with Crippen molar-refractivity contribution in [3.8, 4) is 11.5 Å². The quantitative estimate of drug-likeness (QED) is 0.912. The summed E-state index contributed by atoms with van der Waals surface area (Å²) in [5.41, 5.74) is 7.87. The first-order valence-electron chi connectivity index (χ1n) is 6.08. The van der Waals surface area contributed by atoms with Gasteiger partial charge < -0.3 is 15.5 Å². The Hall–Kier alpha value is -1.85. The summed E-state index contributed by atoms with van der Waals surface area (Å²) in [6.45, 7) is 5.40. The topological polar surface area (TPSA) is 81.2 Å². The molecule has 0 radical (unpaired) electrons. The molecular weight excluding hydrogens is 278 g/mol. The van der Waals surface area contributed by atoms with Crippen LogP contribution in [0, 0.1) is 13.8 Å². The van der Waals surface area contributed by atoms with Crippen LogP contribution >= 0.6 is 12.4 Å². The van der Waals surface area contributed by atoms with E-state index in [2.05, 4.69) is 10.3 Å². The third-order valence-electron chi connectivity index (χ3n) is 2.82. The number of nitrogens with zero attached hydrogens (tertiary/aromatic N) is 1. The van der Waals surface area contributed by atoms with Gasteiger partial charge in [-0.3, -0.25) is 4.79 Å². The van der Waals surface area contributed by atoms with Crippen molar-refractivity contribution >= 4 is 24.0 Å². The highest BCUT2D eigenvalue weighted by atomic mass is 35.5. The molecule has 0 saturated heterocycles. The molecular formula is C14H18ClN3O2. The molecule has 0 aliphatic carbocycles. The number of oxazole rings is 1. The molecule has 2 rings (SSSR count). The van der Waals surface area contributed by atoms with Crippen LogP contribution in [-0.2, 0) is 4.79 Å². The molecule has 2 aromatic rings. The summed E-state index contributed by atoms with van der Waals surface area (Å²) < 4.78 is 5.56. The second-order valence-electron chi connectivity index (χ2n) is 4.52. The van der Waals surface area contributed by atoms with Crippen LogP contribution in [0.3, 0.4) is 0 Å². The summed E-state index contributed by atoms with van der Waals surface area (Å²) in [5, 5.41) is 2.74. The molecule has 20 heavy (non-hydrogen) atoms. The molecule has 5 nitrogen and oxygen atoms in total. The van der Waals surface area contributed by atoms with E-state index in [4.69, 9.17) is 10.2 Å². The molecule has 1 amide bonds. The monoisotopic (exact) mass is 295 g/mol. The van der Waals surface area contributed by atoms with E-state index in [0.29, 0.717) is 11.6 Å². The number of aromatic nitrogens is 1. The Kier molecular flexibility index (Phi) is 5.30. The van der Waals surface area contributed by atoms with Crippen molar-refractivity contribution in [3.05, 3.63) is 35.7 Å². The Bertz CT molecular complexity index is 589. The van der Waals surface area contributed by atoms with Gasteiger partial charge in [0.1, 0.15) is 5.76 Å². The molecule has 0 aliphatic heterocycles. The molecule has 3 N–H and O–H groups in total. The van der Waals surface area contributed by atoms with Crippen molar-refractivity contribution in [2.24, 2.45) is 5.73 Å². The number of carbonyl (C=O) groups is 1. The van der Waals surface area contributed by atoms with E-state index in [9.17, 15) is 4.79 Å². The smallest absolute Gasteiger partial charge is 0.240 e. The number of benzene rings is 1. The maximum Gasteiger partial charge on any atom is 0.240 e. The zero-order valence-electron chi connectivity index (χ0n) is 11.6. The van der Waals surface area contributed by atoms with E-state index in [1.54, 1.807) is 13.0 Å². The Labute approximate surface area is 124 Å².